The van der Waals surface area contributed by atoms with E-state index in [-0.39, 0.29) is 47.6 Å². The maximum atomic E-state index is 14.6. The van der Waals surface area contributed by atoms with E-state index >= 15 is 0 Å². The predicted molar refractivity (Wildman–Crippen MR) is 200 cm³/mol. The highest BCUT2D eigenvalue weighted by Gasteiger charge is 2.53. The number of rotatable bonds is 12. The molecular weight excluding hydrogens is 696 g/mol. The molecule has 5 fully saturated rings. The van der Waals surface area contributed by atoms with Crippen LogP contribution in [0.5, 0.6) is 0 Å². The van der Waals surface area contributed by atoms with E-state index in [2.05, 4.69) is 26.1 Å². The monoisotopic (exact) mass is 746 g/mol. The molecule has 4 aliphatic heterocycles. The molecule has 2 aromatic carbocycles. The molecule has 284 valence electrons. The van der Waals surface area contributed by atoms with Gasteiger partial charge in [-0.15, -0.1) is 0 Å². The highest BCUT2D eigenvalue weighted by molar-refractivity contribution is 7.92. The van der Waals surface area contributed by atoms with Gasteiger partial charge in [0.15, 0.2) is 9.84 Å². The van der Waals surface area contributed by atoms with Crippen molar-refractivity contribution >= 4 is 27.5 Å². The molecule has 0 unspecified atom stereocenters. The average Bonchev–Trinajstić information content (AvgIpc) is 3.79. The lowest BCUT2D eigenvalue weighted by atomic mass is 9.59. The Morgan fingerprint density at radius 2 is 1.66 bits per heavy atom. The molecule has 13 heteroatoms. The molecule has 0 bridgehead atoms. The van der Waals surface area contributed by atoms with Crippen LogP contribution in [-0.2, 0) is 20.0 Å². The van der Waals surface area contributed by atoms with Gasteiger partial charge in [0.25, 0.3) is 0 Å². The van der Waals surface area contributed by atoms with Gasteiger partial charge in [-0.3, -0.25) is 9.69 Å². The van der Waals surface area contributed by atoms with E-state index < -0.39 is 26.6 Å². The lowest BCUT2D eigenvalue weighted by molar-refractivity contribution is -0.129. The summed E-state index contributed by atoms with van der Waals surface area (Å²) in [6, 6.07) is 15.7. The van der Waals surface area contributed by atoms with Crippen molar-refractivity contribution in [3.05, 3.63) is 72.1 Å². The zero-order chi connectivity index (χ0) is 37.2. The van der Waals surface area contributed by atoms with Gasteiger partial charge in [0.1, 0.15) is 11.1 Å². The number of hydrogen-bond acceptors (Lipinski definition) is 8. The molecule has 11 nitrogen and oxygen atoms in total. The van der Waals surface area contributed by atoms with Crippen molar-refractivity contribution in [2.45, 2.75) is 66.5 Å². The number of amides is 2. The minimum Gasteiger partial charge on any atom is -0.465 e. The van der Waals surface area contributed by atoms with Crippen LogP contribution in [0.15, 0.2) is 65.6 Å². The van der Waals surface area contributed by atoms with Gasteiger partial charge in [-0.1, -0.05) is 24.6 Å². The van der Waals surface area contributed by atoms with Crippen LogP contribution in [0, 0.1) is 34.9 Å². The van der Waals surface area contributed by atoms with E-state index in [0.29, 0.717) is 17.9 Å². The number of halogens is 1. The normalized spacial score (nSPS) is 24.8. The standard InChI is InChI=1S/C40H51FN6O5S/c41-32-7-3-6-31(22-32)40(28-42,36-8-4-9-37(36)43-39(49)50)30-15-20-45(21-16-30)23-29-24-46(25-29)33-11-13-34(14-12-33)53(51,52)35-26-47(27-35)38(48)10-5-19-44-17-1-2-18-44/h3,5-7,10-14,22,29-30,35-37,43H,1-2,4,8-9,15-21,23-27H2,(H,49,50)/b10-5+/t36-,37-,40-/m0/s1. The molecule has 2 N–H and O–H groups in total. The molecule has 53 heavy (non-hydrogen) atoms. The zero-order valence-electron chi connectivity index (χ0n) is 30.3. The first-order valence-corrected chi connectivity index (χ1v) is 20.8. The smallest absolute Gasteiger partial charge is 0.404 e. The Hall–Kier alpha value is -3.99. The van der Waals surface area contributed by atoms with Crippen molar-refractivity contribution in [3.63, 3.8) is 0 Å². The molecule has 2 amide bonds. The summed E-state index contributed by atoms with van der Waals surface area (Å²) in [5, 5.41) is 22.5. The molecule has 4 saturated heterocycles. The SMILES string of the molecule is N#C[C@@](c1cccc(F)c1)(C1CCN(CC2CN(c3ccc(S(=O)(=O)C4CN(C(=O)/C=C/CN5CCCC5)C4)cc3)C2)CC1)[C@H]1CCC[C@@H]1NC(=O)O. The Morgan fingerprint density at radius 3 is 2.32 bits per heavy atom. The fourth-order valence-electron chi connectivity index (χ4n) is 9.63. The Labute approximate surface area is 312 Å². The molecule has 4 heterocycles. The minimum absolute atomic E-state index is 0.0237. The summed E-state index contributed by atoms with van der Waals surface area (Å²) in [6.07, 6.45) is 8.51. The van der Waals surface area contributed by atoms with Crippen molar-refractivity contribution in [1.82, 2.24) is 20.0 Å². The average molecular weight is 747 g/mol. The van der Waals surface area contributed by atoms with E-state index in [1.54, 1.807) is 29.2 Å². The highest BCUT2D eigenvalue weighted by atomic mass is 32.2. The molecule has 0 radical (unpaired) electrons. The quantitative estimate of drug-likeness (QED) is 0.301. The van der Waals surface area contributed by atoms with Gasteiger partial charge in [-0.25, -0.2) is 17.6 Å². The Balaban J connectivity index is 0.893. The van der Waals surface area contributed by atoms with Gasteiger partial charge in [0.2, 0.25) is 5.91 Å². The van der Waals surface area contributed by atoms with E-state index in [9.17, 15) is 32.8 Å². The number of anilines is 1. The van der Waals surface area contributed by atoms with Crippen LogP contribution in [0.3, 0.4) is 0 Å². The maximum Gasteiger partial charge on any atom is 0.404 e. The Morgan fingerprint density at radius 1 is 0.943 bits per heavy atom. The molecule has 1 aliphatic carbocycles. The van der Waals surface area contributed by atoms with Gasteiger partial charge in [-0.05, 0) is 113 Å². The third kappa shape index (κ3) is 7.82. The van der Waals surface area contributed by atoms with Gasteiger partial charge in [0.05, 0.1) is 16.4 Å². The number of piperidine rings is 1. The number of carbonyl (C=O) groups is 2. The maximum absolute atomic E-state index is 14.6. The number of benzene rings is 2. The Bertz CT molecular complexity index is 1810. The van der Waals surface area contributed by atoms with Crippen molar-refractivity contribution in [3.8, 4) is 6.07 Å². The molecule has 5 aliphatic rings. The first kappa shape index (κ1) is 37.3. The van der Waals surface area contributed by atoms with Crippen molar-refractivity contribution in [2.75, 3.05) is 70.3 Å². The third-order valence-electron chi connectivity index (χ3n) is 12.6. The molecule has 0 spiro atoms. The topological polar surface area (TPSA) is 137 Å². The van der Waals surface area contributed by atoms with Gasteiger partial charge < -0.3 is 25.1 Å². The summed E-state index contributed by atoms with van der Waals surface area (Å²) in [5.41, 5.74) is 0.656. The van der Waals surface area contributed by atoms with Crippen LogP contribution >= 0.6 is 0 Å². The zero-order valence-corrected chi connectivity index (χ0v) is 31.1. The minimum atomic E-state index is -3.53. The fraction of sp³-hybridized carbons (Fsp3) is 0.575. The number of sulfone groups is 1. The van der Waals surface area contributed by atoms with E-state index in [1.807, 2.05) is 24.3 Å². The summed E-state index contributed by atoms with van der Waals surface area (Å²) >= 11 is 0. The van der Waals surface area contributed by atoms with Crippen LogP contribution in [0.1, 0.15) is 50.5 Å². The summed E-state index contributed by atoms with van der Waals surface area (Å²) in [7, 11) is -3.53. The van der Waals surface area contributed by atoms with Crippen LogP contribution in [0.4, 0.5) is 14.9 Å². The van der Waals surface area contributed by atoms with Gasteiger partial charge >= 0.3 is 6.09 Å². The van der Waals surface area contributed by atoms with Crippen LogP contribution < -0.4 is 10.2 Å². The molecule has 3 atom stereocenters. The van der Waals surface area contributed by atoms with Crippen LogP contribution in [0.25, 0.3) is 0 Å². The molecule has 7 rings (SSSR count). The van der Waals surface area contributed by atoms with Crippen LogP contribution in [-0.4, -0.2) is 117 Å². The second-order valence-electron chi connectivity index (χ2n) is 15.7. The summed E-state index contributed by atoms with van der Waals surface area (Å²) in [4.78, 5) is 33.0. The number of carboxylic acid groups (broad SMARTS) is 1. The highest BCUT2D eigenvalue weighted by Crippen LogP contribution is 2.50. The van der Waals surface area contributed by atoms with Crippen LogP contribution in [0.2, 0.25) is 0 Å². The fourth-order valence-corrected chi connectivity index (χ4v) is 11.3. The number of hydrogen-bond donors (Lipinski definition) is 2. The van der Waals surface area contributed by atoms with Gasteiger partial charge in [0, 0.05) is 68.9 Å². The van der Waals surface area contributed by atoms with E-state index in [0.717, 1.165) is 83.7 Å². The molecular formula is C40H51FN6O5S. The lowest BCUT2D eigenvalue weighted by Gasteiger charge is -2.48. The predicted octanol–water partition coefficient (Wildman–Crippen LogP) is 4.51. The number of nitrogens with one attached hydrogen (secondary N) is 1. The van der Waals surface area contributed by atoms with Crippen molar-refractivity contribution in [1.29, 1.82) is 5.26 Å². The largest absolute Gasteiger partial charge is 0.465 e. The second-order valence-corrected chi connectivity index (χ2v) is 18.0. The van der Waals surface area contributed by atoms with Crippen molar-refractivity contribution in [2.24, 2.45) is 17.8 Å². The Kier molecular flexibility index (Phi) is 11.1. The summed E-state index contributed by atoms with van der Waals surface area (Å²) < 4.78 is 41.2. The summed E-state index contributed by atoms with van der Waals surface area (Å²) in [5.74, 6) is -0.312. The second kappa shape index (κ2) is 15.8. The number of nitrogens with zero attached hydrogens (tertiary/aromatic N) is 5. The van der Waals surface area contributed by atoms with E-state index in [1.165, 1.54) is 25.0 Å². The number of likely N-dealkylation sites (tertiary alicyclic amines) is 3. The van der Waals surface area contributed by atoms with E-state index in [4.69, 9.17) is 0 Å². The molecule has 0 aromatic heterocycles. The lowest BCUT2D eigenvalue weighted by Crippen LogP contribution is -2.56. The summed E-state index contributed by atoms with van der Waals surface area (Å²) in [6.45, 7) is 7.60. The molecule has 2 aromatic rings. The number of nitriles is 1. The molecule has 1 saturated carbocycles. The third-order valence-corrected chi connectivity index (χ3v) is 14.7. The first-order valence-electron chi connectivity index (χ1n) is 19.2. The number of carbonyl (C=O) groups excluding carboxylic acids is 1. The van der Waals surface area contributed by atoms with Crippen molar-refractivity contribution < 1.29 is 27.5 Å². The first-order chi connectivity index (χ1) is 25.6. The van der Waals surface area contributed by atoms with Gasteiger partial charge in [-0.2, -0.15) is 5.26 Å².